The highest BCUT2D eigenvalue weighted by Gasteiger charge is 2.24. The van der Waals surface area contributed by atoms with E-state index in [9.17, 15) is 9.18 Å². The Morgan fingerprint density at radius 1 is 1.30 bits per heavy atom. The molecule has 0 aliphatic carbocycles. The zero-order valence-electron chi connectivity index (χ0n) is 15.9. The van der Waals surface area contributed by atoms with Crippen molar-refractivity contribution < 1.29 is 9.18 Å². The predicted molar refractivity (Wildman–Crippen MR) is 103 cm³/mol. The van der Waals surface area contributed by atoms with Crippen molar-refractivity contribution >= 4 is 6.03 Å². The highest BCUT2D eigenvalue weighted by Crippen LogP contribution is 2.24. The van der Waals surface area contributed by atoms with Crippen LogP contribution in [0.3, 0.4) is 0 Å². The molecule has 1 N–H and O–H groups in total. The molecule has 1 aromatic heterocycles. The third-order valence-electron chi connectivity index (χ3n) is 5.07. The van der Waals surface area contributed by atoms with E-state index in [1.54, 1.807) is 18.1 Å². The second kappa shape index (κ2) is 9.50. The number of nitrogens with zero attached hydrogens (tertiary/aromatic N) is 4. The SMILES string of the molecule is CN(CCCn1cccn1)C(=O)NCC(c1ccc(F)cc1)N1CCCC1. The number of urea groups is 1. The van der Waals surface area contributed by atoms with Gasteiger partial charge in [-0.15, -0.1) is 0 Å². The van der Waals surface area contributed by atoms with Gasteiger partial charge in [-0.05, 0) is 56.1 Å². The minimum absolute atomic E-state index is 0.0783. The molecule has 27 heavy (non-hydrogen) atoms. The first-order chi connectivity index (χ1) is 13.1. The number of aryl methyl sites for hydroxylation is 1. The second-order valence-corrected chi connectivity index (χ2v) is 7.04. The van der Waals surface area contributed by atoms with Crippen molar-refractivity contribution in [2.24, 2.45) is 0 Å². The molecule has 146 valence electrons. The van der Waals surface area contributed by atoms with E-state index in [1.165, 1.54) is 25.0 Å². The van der Waals surface area contributed by atoms with Gasteiger partial charge in [-0.25, -0.2) is 9.18 Å². The van der Waals surface area contributed by atoms with Gasteiger partial charge in [-0.1, -0.05) is 12.1 Å². The summed E-state index contributed by atoms with van der Waals surface area (Å²) < 4.78 is 15.1. The third kappa shape index (κ3) is 5.53. The average Bonchev–Trinajstić information content (AvgIpc) is 3.37. The first-order valence-electron chi connectivity index (χ1n) is 9.59. The van der Waals surface area contributed by atoms with Crippen LogP contribution in [0.1, 0.15) is 30.9 Å². The lowest BCUT2D eigenvalue weighted by molar-refractivity contribution is 0.195. The fourth-order valence-corrected chi connectivity index (χ4v) is 3.52. The van der Waals surface area contributed by atoms with Crippen molar-refractivity contribution in [2.75, 3.05) is 33.2 Å². The number of amides is 2. The molecule has 6 nitrogen and oxygen atoms in total. The lowest BCUT2D eigenvalue weighted by atomic mass is 10.1. The Morgan fingerprint density at radius 3 is 2.70 bits per heavy atom. The molecule has 0 spiro atoms. The number of nitrogens with one attached hydrogen (secondary N) is 1. The maximum absolute atomic E-state index is 13.3. The van der Waals surface area contributed by atoms with Gasteiger partial charge in [-0.3, -0.25) is 9.58 Å². The average molecular weight is 373 g/mol. The van der Waals surface area contributed by atoms with Gasteiger partial charge in [-0.2, -0.15) is 5.10 Å². The third-order valence-corrected chi connectivity index (χ3v) is 5.07. The minimum Gasteiger partial charge on any atom is -0.336 e. The van der Waals surface area contributed by atoms with Crippen LogP contribution < -0.4 is 5.32 Å². The van der Waals surface area contributed by atoms with Gasteiger partial charge in [0.15, 0.2) is 0 Å². The summed E-state index contributed by atoms with van der Waals surface area (Å²) in [6.45, 7) is 4.00. The van der Waals surface area contributed by atoms with Crippen LogP contribution in [0.4, 0.5) is 9.18 Å². The number of hydrogen-bond acceptors (Lipinski definition) is 3. The van der Waals surface area contributed by atoms with E-state index in [-0.39, 0.29) is 17.9 Å². The summed E-state index contributed by atoms with van der Waals surface area (Å²) in [6, 6.07) is 8.50. The predicted octanol–water partition coefficient (Wildman–Crippen LogP) is 2.89. The number of rotatable bonds is 8. The van der Waals surface area contributed by atoms with E-state index in [4.69, 9.17) is 0 Å². The highest BCUT2D eigenvalue weighted by atomic mass is 19.1. The van der Waals surface area contributed by atoms with Crippen molar-refractivity contribution in [3.63, 3.8) is 0 Å². The van der Waals surface area contributed by atoms with Gasteiger partial charge < -0.3 is 10.2 Å². The molecular weight excluding hydrogens is 345 g/mol. The number of aromatic nitrogens is 2. The standard InChI is InChI=1S/C20H28FN5O/c1-24(11-5-15-26-14-4-10-23-26)20(27)22-16-19(25-12-2-3-13-25)17-6-8-18(21)9-7-17/h4,6-10,14,19H,2-3,5,11-13,15-16H2,1H3,(H,22,27). The number of benzene rings is 1. The van der Waals surface area contributed by atoms with Crippen molar-refractivity contribution in [3.8, 4) is 0 Å². The Bertz CT molecular complexity index is 698. The number of hydrogen-bond donors (Lipinski definition) is 1. The van der Waals surface area contributed by atoms with Crippen LogP contribution in [0.25, 0.3) is 0 Å². The van der Waals surface area contributed by atoms with Crippen molar-refractivity contribution in [2.45, 2.75) is 31.8 Å². The molecule has 1 aliphatic heterocycles. The first-order valence-corrected chi connectivity index (χ1v) is 9.59. The summed E-state index contributed by atoms with van der Waals surface area (Å²) in [7, 11) is 1.81. The fourth-order valence-electron chi connectivity index (χ4n) is 3.52. The van der Waals surface area contributed by atoms with E-state index < -0.39 is 0 Å². The molecule has 0 bridgehead atoms. The topological polar surface area (TPSA) is 53.4 Å². The van der Waals surface area contributed by atoms with E-state index in [0.29, 0.717) is 13.1 Å². The Kier molecular flexibility index (Phi) is 6.81. The second-order valence-electron chi connectivity index (χ2n) is 7.04. The summed E-state index contributed by atoms with van der Waals surface area (Å²) >= 11 is 0. The van der Waals surface area contributed by atoms with Gasteiger partial charge >= 0.3 is 6.03 Å². The van der Waals surface area contributed by atoms with Gasteiger partial charge in [0.25, 0.3) is 0 Å². The Balaban J connectivity index is 1.51. The molecule has 3 rings (SSSR count). The van der Waals surface area contributed by atoms with Crippen LogP contribution in [-0.2, 0) is 6.54 Å². The number of carbonyl (C=O) groups is 1. The largest absolute Gasteiger partial charge is 0.336 e. The number of carbonyl (C=O) groups excluding carboxylic acids is 1. The Morgan fingerprint density at radius 2 is 2.04 bits per heavy atom. The molecule has 2 heterocycles. The van der Waals surface area contributed by atoms with E-state index in [0.717, 1.165) is 31.6 Å². The maximum atomic E-state index is 13.3. The highest BCUT2D eigenvalue weighted by molar-refractivity contribution is 5.73. The first kappa shape index (κ1) is 19.4. The van der Waals surface area contributed by atoms with E-state index in [1.807, 2.05) is 29.1 Å². The van der Waals surface area contributed by atoms with E-state index >= 15 is 0 Å². The van der Waals surface area contributed by atoms with Gasteiger partial charge in [0.1, 0.15) is 5.82 Å². The minimum atomic E-state index is -0.236. The number of halogens is 1. The van der Waals surface area contributed by atoms with Gasteiger partial charge in [0.2, 0.25) is 0 Å². The monoisotopic (exact) mass is 373 g/mol. The van der Waals surface area contributed by atoms with Crippen LogP contribution in [0.5, 0.6) is 0 Å². The van der Waals surface area contributed by atoms with Crippen molar-refractivity contribution in [1.82, 2.24) is 24.9 Å². The zero-order chi connectivity index (χ0) is 19.1. The van der Waals surface area contributed by atoms with Gasteiger partial charge in [0.05, 0.1) is 6.04 Å². The zero-order valence-corrected chi connectivity index (χ0v) is 15.9. The maximum Gasteiger partial charge on any atom is 0.317 e. The Labute approximate surface area is 160 Å². The molecule has 1 saturated heterocycles. The smallest absolute Gasteiger partial charge is 0.317 e. The molecule has 1 aliphatic rings. The summed E-state index contributed by atoms with van der Waals surface area (Å²) in [5.41, 5.74) is 1.04. The van der Waals surface area contributed by atoms with Crippen molar-refractivity contribution in [1.29, 1.82) is 0 Å². The molecule has 2 aromatic rings. The molecule has 1 unspecified atom stereocenters. The normalized spacial score (nSPS) is 15.6. The lowest BCUT2D eigenvalue weighted by Crippen LogP contribution is -2.42. The molecular formula is C20H28FN5O. The summed E-state index contributed by atoms with van der Waals surface area (Å²) in [5.74, 6) is -0.236. The van der Waals surface area contributed by atoms with Crippen molar-refractivity contribution in [3.05, 3.63) is 54.1 Å². The van der Waals surface area contributed by atoms with Crippen LogP contribution >= 0.6 is 0 Å². The molecule has 0 radical (unpaired) electrons. The van der Waals surface area contributed by atoms with Gasteiger partial charge in [0, 0.05) is 39.1 Å². The fraction of sp³-hybridized carbons (Fsp3) is 0.500. The summed E-state index contributed by atoms with van der Waals surface area (Å²) in [4.78, 5) is 16.5. The van der Waals surface area contributed by atoms with Crippen LogP contribution in [0.2, 0.25) is 0 Å². The molecule has 7 heteroatoms. The van der Waals surface area contributed by atoms with Crippen LogP contribution in [0.15, 0.2) is 42.7 Å². The molecule has 0 saturated carbocycles. The summed E-state index contributed by atoms with van der Waals surface area (Å²) in [5, 5.41) is 7.21. The molecule has 1 fully saturated rings. The molecule has 2 amide bonds. The molecule has 1 aromatic carbocycles. The molecule has 1 atom stereocenters. The quantitative estimate of drug-likeness (QED) is 0.774. The lowest BCUT2D eigenvalue weighted by Gasteiger charge is -2.29. The summed E-state index contributed by atoms with van der Waals surface area (Å²) in [6.07, 6.45) is 6.85. The van der Waals surface area contributed by atoms with E-state index in [2.05, 4.69) is 15.3 Å². The van der Waals surface area contributed by atoms with Crippen LogP contribution in [0, 0.1) is 5.82 Å². The number of likely N-dealkylation sites (tertiary alicyclic amines) is 1. The Hall–Kier alpha value is -2.41. The van der Waals surface area contributed by atoms with Crippen LogP contribution in [-0.4, -0.2) is 58.8 Å².